The number of hydrogen-bond acceptors (Lipinski definition) is 10. The smallest absolute Gasteiger partial charge is 0.472 e. The maximum atomic E-state index is 11.4. The topological polar surface area (TPSA) is 177 Å². The van der Waals surface area contributed by atoms with Gasteiger partial charge in [-0.25, -0.2) is 13.7 Å². The summed E-state index contributed by atoms with van der Waals surface area (Å²) in [6.45, 7) is 12.0. The minimum atomic E-state index is -3.92. The molecule has 1 aromatic rings. The average Bonchev–Trinajstić information content (AvgIpc) is 3.13. The summed E-state index contributed by atoms with van der Waals surface area (Å²) in [6.07, 6.45) is 21.4. The van der Waals surface area contributed by atoms with E-state index in [1.54, 1.807) is 12.1 Å². The lowest BCUT2D eigenvalue weighted by molar-refractivity contribution is 0.128. The first kappa shape index (κ1) is 58.7. The van der Waals surface area contributed by atoms with Crippen LogP contribution in [-0.4, -0.2) is 60.9 Å². The van der Waals surface area contributed by atoms with Gasteiger partial charge in [-0.1, -0.05) is 157 Å². The molecule has 1 rings (SSSR count). The number of rotatable bonds is 35. The van der Waals surface area contributed by atoms with Gasteiger partial charge in [-0.3, -0.25) is 27.1 Å². The van der Waals surface area contributed by atoms with Crippen molar-refractivity contribution in [2.75, 3.05) is 46.2 Å². The summed E-state index contributed by atoms with van der Waals surface area (Å²) in [4.78, 5) is 27.9. The van der Waals surface area contributed by atoms with Gasteiger partial charge in [0.1, 0.15) is 12.4 Å². The van der Waals surface area contributed by atoms with Crippen molar-refractivity contribution >= 4 is 23.5 Å². The molecular weight excluding hydrogens is 769 g/mol. The highest BCUT2D eigenvalue weighted by Gasteiger charge is 2.21. The fourth-order valence-electron chi connectivity index (χ4n) is 4.39. The predicted octanol–water partition coefficient (Wildman–Crippen LogP) is 13.0. The van der Waals surface area contributed by atoms with E-state index in [0.29, 0.717) is 32.2 Å². The lowest BCUT2D eigenvalue weighted by Crippen LogP contribution is -2.06. The molecule has 3 atom stereocenters. The van der Waals surface area contributed by atoms with E-state index in [1.165, 1.54) is 64.2 Å². The largest absolute Gasteiger partial charge is 0.491 e. The van der Waals surface area contributed by atoms with Gasteiger partial charge in [0.25, 0.3) is 0 Å². The Hall–Kier alpha value is -0.650. The van der Waals surface area contributed by atoms with E-state index in [9.17, 15) is 28.4 Å². The highest BCUT2D eigenvalue weighted by molar-refractivity contribution is 7.47. The first-order chi connectivity index (χ1) is 25.9. The van der Waals surface area contributed by atoms with Crippen LogP contribution in [0.1, 0.15) is 170 Å². The van der Waals surface area contributed by atoms with Crippen LogP contribution in [0.15, 0.2) is 30.3 Å². The monoisotopic (exact) mass is 850 g/mol. The molecule has 13 nitrogen and oxygen atoms in total. The van der Waals surface area contributed by atoms with Crippen LogP contribution in [0.25, 0.3) is 0 Å². The minimum absolute atomic E-state index is 0. The number of para-hydroxylation sites is 1. The zero-order valence-electron chi connectivity index (χ0n) is 34.2. The third-order valence-electron chi connectivity index (χ3n) is 7.61. The molecule has 0 heterocycles. The number of ether oxygens (including phenoxy) is 1. The number of benzene rings is 1. The second-order valence-corrected chi connectivity index (χ2v) is 17.2. The molecule has 0 bridgehead atoms. The molecule has 0 saturated carbocycles. The third kappa shape index (κ3) is 45.9. The maximum absolute atomic E-state index is 11.4. The molecule has 0 fully saturated rings. The number of phosphoric acid groups is 3. The second-order valence-electron chi connectivity index (χ2n) is 12.9. The molecule has 3 N–H and O–H groups in total. The van der Waals surface area contributed by atoms with Crippen LogP contribution < -0.4 is 4.74 Å². The third-order valence-corrected chi connectivity index (χ3v) is 10.7. The van der Waals surface area contributed by atoms with Gasteiger partial charge in [0.05, 0.1) is 39.6 Å². The normalized spacial score (nSPS) is 14.2. The number of hydrogen-bond donors (Lipinski definition) is 3. The SMILES string of the molecule is C.CCCCCCCCCCOP(=O)(O)OCCCC.CCCCCCCCOP(=O)(O)OCCCC.CCCCOP(=O)(O)OCCOc1ccccc1. The van der Waals surface area contributed by atoms with Crippen LogP contribution >= 0.6 is 23.5 Å². The van der Waals surface area contributed by atoms with Crippen molar-refractivity contribution in [1.29, 1.82) is 0 Å². The Morgan fingerprint density at radius 2 is 0.655 bits per heavy atom. The van der Waals surface area contributed by atoms with Crippen LogP contribution in [0.4, 0.5) is 0 Å². The van der Waals surface area contributed by atoms with Crippen LogP contribution in [-0.2, 0) is 40.8 Å². The van der Waals surface area contributed by atoms with Gasteiger partial charge in [0.15, 0.2) is 0 Å². The Bertz CT molecular complexity index is 1070. The van der Waals surface area contributed by atoms with Gasteiger partial charge in [0, 0.05) is 0 Å². The first-order valence-corrected chi connectivity index (χ1v) is 24.9. The molecule has 330 valence electrons. The van der Waals surface area contributed by atoms with Crippen molar-refractivity contribution < 1.29 is 60.3 Å². The van der Waals surface area contributed by atoms with E-state index in [-0.39, 0.29) is 27.2 Å². The summed E-state index contributed by atoms with van der Waals surface area (Å²) in [6, 6.07) is 9.18. The van der Waals surface area contributed by atoms with Crippen molar-refractivity contribution in [2.24, 2.45) is 0 Å². The zero-order chi connectivity index (χ0) is 40.7. The van der Waals surface area contributed by atoms with E-state index < -0.39 is 23.5 Å². The maximum Gasteiger partial charge on any atom is 0.472 e. The summed E-state index contributed by atoms with van der Waals surface area (Å²) in [5.74, 6) is 0.695. The average molecular weight is 851 g/mol. The highest BCUT2D eigenvalue weighted by atomic mass is 31.2. The van der Waals surface area contributed by atoms with E-state index in [4.69, 9.17) is 31.9 Å². The molecular formula is C39H81O13P3. The Morgan fingerprint density at radius 3 is 0.982 bits per heavy atom. The Balaban J connectivity index is -0.000000732. The molecule has 0 aliphatic rings. The van der Waals surface area contributed by atoms with E-state index in [2.05, 4.69) is 13.8 Å². The van der Waals surface area contributed by atoms with Gasteiger partial charge >= 0.3 is 23.5 Å². The van der Waals surface area contributed by atoms with Crippen molar-refractivity contribution in [3.8, 4) is 5.75 Å². The molecule has 1 aromatic carbocycles. The number of phosphoric ester groups is 3. The van der Waals surface area contributed by atoms with Crippen LogP contribution in [0.2, 0.25) is 0 Å². The lowest BCUT2D eigenvalue weighted by Gasteiger charge is -2.12. The van der Waals surface area contributed by atoms with E-state index in [0.717, 1.165) is 64.2 Å². The Labute approximate surface area is 335 Å². The van der Waals surface area contributed by atoms with Crippen LogP contribution in [0, 0.1) is 0 Å². The van der Waals surface area contributed by atoms with E-state index >= 15 is 0 Å². The fourth-order valence-corrected chi connectivity index (χ4v) is 6.72. The second kappa shape index (κ2) is 41.5. The van der Waals surface area contributed by atoms with Crippen molar-refractivity contribution in [3.63, 3.8) is 0 Å². The Morgan fingerprint density at radius 1 is 0.382 bits per heavy atom. The molecule has 0 amide bonds. The van der Waals surface area contributed by atoms with Gasteiger partial charge < -0.3 is 19.4 Å². The van der Waals surface area contributed by atoms with Crippen molar-refractivity contribution in [1.82, 2.24) is 0 Å². The fraction of sp³-hybridized carbons (Fsp3) is 0.846. The quantitative estimate of drug-likeness (QED) is 0.0435. The number of unbranched alkanes of at least 4 members (excludes halogenated alkanes) is 15. The van der Waals surface area contributed by atoms with Gasteiger partial charge in [-0.15, -0.1) is 0 Å². The Kier molecular flexibility index (Phi) is 44.3. The zero-order valence-corrected chi connectivity index (χ0v) is 36.9. The molecule has 0 radical (unpaired) electrons. The van der Waals surface area contributed by atoms with Crippen molar-refractivity contribution in [2.45, 2.75) is 170 Å². The minimum Gasteiger partial charge on any atom is -0.491 e. The molecule has 0 aromatic heterocycles. The highest BCUT2D eigenvalue weighted by Crippen LogP contribution is 2.44. The van der Waals surface area contributed by atoms with Crippen LogP contribution in [0.5, 0.6) is 5.75 Å². The molecule has 0 aliphatic carbocycles. The molecule has 3 unspecified atom stereocenters. The lowest BCUT2D eigenvalue weighted by atomic mass is 10.1. The molecule has 0 spiro atoms. The van der Waals surface area contributed by atoms with Gasteiger partial charge in [-0.05, 0) is 44.2 Å². The summed E-state index contributed by atoms with van der Waals surface area (Å²) in [5.41, 5.74) is 0. The molecule has 0 saturated heterocycles. The molecule has 16 heteroatoms. The summed E-state index contributed by atoms with van der Waals surface area (Å²) >= 11 is 0. The van der Waals surface area contributed by atoms with Crippen molar-refractivity contribution in [3.05, 3.63) is 30.3 Å². The van der Waals surface area contributed by atoms with Gasteiger partial charge in [0.2, 0.25) is 0 Å². The first-order valence-electron chi connectivity index (χ1n) is 20.4. The summed E-state index contributed by atoms with van der Waals surface area (Å²) in [5, 5.41) is 0. The summed E-state index contributed by atoms with van der Waals surface area (Å²) < 4.78 is 68.3. The molecule has 55 heavy (non-hydrogen) atoms. The van der Waals surface area contributed by atoms with E-state index in [1.807, 2.05) is 39.0 Å². The van der Waals surface area contributed by atoms with Crippen LogP contribution in [0.3, 0.4) is 0 Å². The standard InChI is InChI=1S/C14H31O4P.C12H19O5P.C12H27O4P.CH4/c1-3-5-7-8-9-10-11-12-14-18-19(15,16)17-13-6-4-2;1-2-3-9-16-18(13,14)17-11-10-15-12-7-5-4-6-8-12;1-3-5-7-8-9-10-12-16-17(13,14)15-11-6-4-2;/h3-14H2,1-2H3,(H,15,16);4-8H,2-3,9-11H2,1H3,(H,13,14);3-12H2,1-2H3,(H,13,14);1H4. The predicted molar refractivity (Wildman–Crippen MR) is 225 cm³/mol. The molecule has 0 aliphatic heterocycles. The van der Waals surface area contributed by atoms with Gasteiger partial charge in [-0.2, -0.15) is 0 Å². The summed E-state index contributed by atoms with van der Waals surface area (Å²) in [7, 11) is -11.5.